The van der Waals surface area contributed by atoms with Gasteiger partial charge in [-0.2, -0.15) is 0 Å². The van der Waals surface area contributed by atoms with Gasteiger partial charge in [0.15, 0.2) is 0 Å². The number of aromatic nitrogens is 2. The summed E-state index contributed by atoms with van der Waals surface area (Å²) in [6, 6.07) is 0. The minimum atomic E-state index is -0.466. The molecule has 0 aliphatic carbocycles. The second-order valence-corrected chi connectivity index (χ2v) is 7.43. The molecule has 2 aliphatic heterocycles. The predicted molar refractivity (Wildman–Crippen MR) is 89.8 cm³/mol. The highest BCUT2D eigenvalue weighted by Gasteiger charge is 2.49. The number of aliphatic hydroxyl groups excluding tert-OH is 1. The van der Waals surface area contributed by atoms with Gasteiger partial charge in [0.05, 0.1) is 17.7 Å². The number of hydrogen-bond acceptors (Lipinski definition) is 6. The Hall–Kier alpha value is -1.54. The molecule has 1 N–H and O–H groups in total. The van der Waals surface area contributed by atoms with Gasteiger partial charge in [0, 0.05) is 26.2 Å². The molecule has 0 saturated carbocycles. The Labute approximate surface area is 145 Å². The monoisotopic (exact) mass is 352 g/mol. The van der Waals surface area contributed by atoms with Crippen LogP contribution in [-0.4, -0.2) is 69.1 Å². The van der Waals surface area contributed by atoms with E-state index in [9.17, 15) is 9.59 Å². The molecule has 0 aromatic carbocycles. The number of likely N-dealkylation sites (tertiary alicyclic amines) is 2. The quantitative estimate of drug-likeness (QED) is 0.852. The number of aliphatic hydroxyl groups is 1. The third-order valence-corrected chi connectivity index (χ3v) is 5.83. The molecule has 8 heteroatoms. The highest BCUT2D eigenvalue weighted by atomic mass is 32.1. The first kappa shape index (κ1) is 17.3. The second-order valence-electron chi connectivity index (χ2n) is 6.68. The molecule has 3 rings (SSSR count). The van der Waals surface area contributed by atoms with Crippen LogP contribution in [-0.2, 0) is 11.2 Å². The van der Waals surface area contributed by atoms with Crippen molar-refractivity contribution in [3.8, 4) is 0 Å². The zero-order valence-corrected chi connectivity index (χ0v) is 14.8. The molecule has 132 valence electrons. The molecule has 2 fully saturated rings. The largest absolute Gasteiger partial charge is 0.395 e. The van der Waals surface area contributed by atoms with E-state index in [0.29, 0.717) is 37.5 Å². The zero-order chi connectivity index (χ0) is 17.2. The van der Waals surface area contributed by atoms with E-state index in [-0.39, 0.29) is 18.4 Å². The van der Waals surface area contributed by atoms with Crippen LogP contribution in [0.1, 0.15) is 48.0 Å². The summed E-state index contributed by atoms with van der Waals surface area (Å²) in [4.78, 5) is 29.8. The molecule has 0 bridgehead atoms. The number of hydrogen-bond donors (Lipinski definition) is 1. The van der Waals surface area contributed by atoms with Crippen LogP contribution in [0.25, 0.3) is 0 Å². The number of aryl methyl sites for hydroxylation is 1. The van der Waals surface area contributed by atoms with Gasteiger partial charge in [-0.3, -0.25) is 9.59 Å². The molecule has 3 heterocycles. The van der Waals surface area contributed by atoms with Crippen molar-refractivity contribution in [1.82, 2.24) is 19.4 Å². The van der Waals surface area contributed by atoms with Gasteiger partial charge in [0.2, 0.25) is 5.91 Å². The maximum absolute atomic E-state index is 12.8. The molecule has 2 aliphatic rings. The zero-order valence-electron chi connectivity index (χ0n) is 14.0. The lowest BCUT2D eigenvalue weighted by Gasteiger charge is -2.39. The molecule has 0 unspecified atom stereocenters. The van der Waals surface area contributed by atoms with E-state index in [4.69, 9.17) is 5.11 Å². The van der Waals surface area contributed by atoms with Crippen molar-refractivity contribution in [3.63, 3.8) is 0 Å². The van der Waals surface area contributed by atoms with E-state index in [1.54, 1.807) is 9.80 Å². The number of β-amino-alcohol motifs (C(OH)–C–C–N with tert-alkyl or cyclic N) is 1. The Bertz CT molecular complexity index is 618. The van der Waals surface area contributed by atoms with Gasteiger partial charge in [-0.25, -0.2) is 0 Å². The summed E-state index contributed by atoms with van der Waals surface area (Å²) in [5.74, 6) is 0.0479. The average Bonchev–Trinajstić information content (AvgIpc) is 3.20. The van der Waals surface area contributed by atoms with E-state index in [1.807, 2.05) is 0 Å². The summed E-state index contributed by atoms with van der Waals surface area (Å²) in [5, 5.41) is 13.2. The van der Waals surface area contributed by atoms with Gasteiger partial charge < -0.3 is 14.9 Å². The lowest BCUT2D eigenvalue weighted by atomic mass is 9.78. The van der Waals surface area contributed by atoms with Crippen molar-refractivity contribution in [1.29, 1.82) is 0 Å². The van der Waals surface area contributed by atoms with Crippen LogP contribution in [0.3, 0.4) is 0 Å². The lowest BCUT2D eigenvalue weighted by molar-refractivity contribution is -0.146. The van der Waals surface area contributed by atoms with Crippen LogP contribution in [0.2, 0.25) is 0 Å². The van der Waals surface area contributed by atoms with Crippen LogP contribution in [0, 0.1) is 5.41 Å². The van der Waals surface area contributed by atoms with Gasteiger partial charge >= 0.3 is 0 Å². The highest BCUT2D eigenvalue weighted by molar-refractivity contribution is 7.08. The highest BCUT2D eigenvalue weighted by Crippen LogP contribution is 2.40. The fourth-order valence-electron chi connectivity index (χ4n) is 3.83. The molecule has 0 radical (unpaired) electrons. The molecule has 2 amide bonds. The van der Waals surface area contributed by atoms with Gasteiger partial charge in [-0.15, -0.1) is 5.10 Å². The Morgan fingerprint density at radius 2 is 2.21 bits per heavy atom. The fourth-order valence-corrected chi connectivity index (χ4v) is 4.50. The van der Waals surface area contributed by atoms with E-state index in [2.05, 4.69) is 16.5 Å². The Balaban J connectivity index is 1.73. The summed E-state index contributed by atoms with van der Waals surface area (Å²) in [5.41, 5.74) is 0.303. The van der Waals surface area contributed by atoms with Crippen molar-refractivity contribution < 1.29 is 14.7 Å². The summed E-state index contributed by atoms with van der Waals surface area (Å²) in [6.45, 7) is 4.19. The SMILES string of the molecule is CCCc1nnsc1C(=O)N1CC[C@]2(CCCN(CCO)C2=O)C1. The van der Waals surface area contributed by atoms with Crippen LogP contribution in [0.5, 0.6) is 0 Å². The number of carbonyl (C=O) groups excluding carboxylic acids is 2. The Kier molecular flexibility index (Phi) is 5.15. The second kappa shape index (κ2) is 7.14. The standard InChI is InChI=1S/C16H24N4O3S/c1-2-4-12-13(24-18-17-12)14(22)20-8-6-16(11-20)5-3-7-19(9-10-21)15(16)23/h21H,2-11H2,1H3/t16-/m1/s1. The maximum atomic E-state index is 12.8. The van der Waals surface area contributed by atoms with Crippen molar-refractivity contribution in [2.24, 2.45) is 5.41 Å². The van der Waals surface area contributed by atoms with Gasteiger partial charge in [0.25, 0.3) is 5.91 Å². The van der Waals surface area contributed by atoms with Crippen molar-refractivity contribution >= 4 is 23.3 Å². The third kappa shape index (κ3) is 3.04. The summed E-state index contributed by atoms with van der Waals surface area (Å²) < 4.78 is 3.93. The first-order chi connectivity index (χ1) is 11.6. The van der Waals surface area contributed by atoms with Crippen LogP contribution < -0.4 is 0 Å². The normalized spacial score (nSPS) is 24.2. The number of carbonyl (C=O) groups is 2. The van der Waals surface area contributed by atoms with E-state index in [1.165, 1.54) is 0 Å². The fraction of sp³-hybridized carbons (Fsp3) is 0.750. The first-order valence-electron chi connectivity index (χ1n) is 8.62. The Morgan fingerprint density at radius 3 is 2.96 bits per heavy atom. The summed E-state index contributed by atoms with van der Waals surface area (Å²) in [6.07, 6.45) is 4.12. The predicted octanol–water partition coefficient (Wildman–Crippen LogP) is 0.938. The van der Waals surface area contributed by atoms with Gasteiger partial charge in [-0.05, 0) is 37.2 Å². The lowest BCUT2D eigenvalue weighted by Crippen LogP contribution is -2.51. The first-order valence-corrected chi connectivity index (χ1v) is 9.39. The van der Waals surface area contributed by atoms with Gasteiger partial charge in [-0.1, -0.05) is 17.8 Å². The minimum absolute atomic E-state index is 0.0165. The number of rotatable bonds is 5. The summed E-state index contributed by atoms with van der Waals surface area (Å²) >= 11 is 1.15. The summed E-state index contributed by atoms with van der Waals surface area (Å²) in [7, 11) is 0. The molecule has 1 spiro atoms. The molecular formula is C16H24N4O3S. The smallest absolute Gasteiger partial charge is 0.267 e. The molecule has 7 nitrogen and oxygen atoms in total. The van der Waals surface area contributed by atoms with Crippen molar-refractivity contribution in [2.45, 2.75) is 39.0 Å². The van der Waals surface area contributed by atoms with Crippen LogP contribution in [0.15, 0.2) is 0 Å². The molecule has 1 aromatic heterocycles. The van der Waals surface area contributed by atoms with E-state index >= 15 is 0 Å². The number of amides is 2. The van der Waals surface area contributed by atoms with Crippen LogP contribution in [0.4, 0.5) is 0 Å². The van der Waals surface area contributed by atoms with E-state index < -0.39 is 5.41 Å². The molecule has 1 aromatic rings. The molecule has 1 atom stereocenters. The minimum Gasteiger partial charge on any atom is -0.395 e. The number of piperidine rings is 1. The molecule has 2 saturated heterocycles. The van der Waals surface area contributed by atoms with Crippen molar-refractivity contribution in [2.75, 3.05) is 32.8 Å². The average molecular weight is 352 g/mol. The molecular weight excluding hydrogens is 328 g/mol. The topological polar surface area (TPSA) is 86.6 Å². The third-order valence-electron chi connectivity index (χ3n) is 5.07. The molecule has 24 heavy (non-hydrogen) atoms. The van der Waals surface area contributed by atoms with E-state index in [0.717, 1.165) is 42.9 Å². The van der Waals surface area contributed by atoms with Crippen molar-refractivity contribution in [3.05, 3.63) is 10.6 Å². The van der Waals surface area contributed by atoms with Crippen LogP contribution >= 0.6 is 11.5 Å². The maximum Gasteiger partial charge on any atom is 0.267 e. The Morgan fingerprint density at radius 1 is 1.38 bits per heavy atom. The van der Waals surface area contributed by atoms with Gasteiger partial charge in [0.1, 0.15) is 4.88 Å². The number of nitrogens with zero attached hydrogens (tertiary/aromatic N) is 4.